The molecule has 2 aromatic rings. The van der Waals surface area contributed by atoms with E-state index in [1.807, 2.05) is 18.2 Å². The van der Waals surface area contributed by atoms with Crippen molar-refractivity contribution in [1.82, 2.24) is 0 Å². The van der Waals surface area contributed by atoms with Gasteiger partial charge in [0.2, 0.25) is 0 Å². The van der Waals surface area contributed by atoms with Crippen LogP contribution in [0.25, 0.3) is 10.8 Å². The topological polar surface area (TPSA) is 42.2 Å². The van der Waals surface area contributed by atoms with Gasteiger partial charge in [-0.3, -0.25) is 0 Å². The quantitative estimate of drug-likeness (QED) is 0.822. The Labute approximate surface area is 131 Å². The number of rotatable bonds is 5. The first kappa shape index (κ1) is 15.0. The van der Waals surface area contributed by atoms with E-state index >= 15 is 0 Å². The van der Waals surface area contributed by atoms with Gasteiger partial charge in [-0.05, 0) is 48.1 Å². The molecular formula is C19H21NO2. The minimum absolute atomic E-state index is 0.0790. The van der Waals surface area contributed by atoms with Gasteiger partial charge in [0, 0.05) is 6.61 Å². The maximum atomic E-state index is 9.45. The minimum atomic E-state index is -0.131. The van der Waals surface area contributed by atoms with Gasteiger partial charge in [0.15, 0.2) is 6.29 Å². The second kappa shape index (κ2) is 7.40. The van der Waals surface area contributed by atoms with Crippen LogP contribution in [0.1, 0.15) is 37.2 Å². The van der Waals surface area contributed by atoms with Gasteiger partial charge < -0.3 is 9.47 Å². The summed E-state index contributed by atoms with van der Waals surface area (Å²) in [6.45, 7) is 1.35. The molecule has 2 atom stereocenters. The molecule has 3 heteroatoms. The zero-order valence-electron chi connectivity index (χ0n) is 12.7. The highest BCUT2D eigenvalue weighted by Gasteiger charge is 2.16. The van der Waals surface area contributed by atoms with Crippen LogP contribution >= 0.6 is 0 Å². The molecular weight excluding hydrogens is 274 g/mol. The summed E-state index contributed by atoms with van der Waals surface area (Å²) >= 11 is 0. The standard InChI is InChI=1S/C19H21NO2/c20-14-18(10-12-22-19-7-3-4-11-21-19)17-9-8-15-5-1-2-6-16(15)13-17/h1-2,5-6,8-9,13,18-19H,3-4,7,10-12H2. The van der Waals surface area contributed by atoms with E-state index in [9.17, 15) is 5.26 Å². The fourth-order valence-electron chi connectivity index (χ4n) is 2.89. The van der Waals surface area contributed by atoms with Crippen LogP contribution in [0, 0.1) is 11.3 Å². The van der Waals surface area contributed by atoms with Crippen molar-refractivity contribution < 1.29 is 9.47 Å². The third-order valence-corrected chi connectivity index (χ3v) is 4.18. The van der Waals surface area contributed by atoms with E-state index in [1.165, 1.54) is 10.8 Å². The maximum Gasteiger partial charge on any atom is 0.157 e. The molecule has 3 nitrogen and oxygen atoms in total. The summed E-state index contributed by atoms with van der Waals surface area (Å²) in [7, 11) is 0. The summed E-state index contributed by atoms with van der Waals surface area (Å²) in [5.74, 6) is -0.131. The van der Waals surface area contributed by atoms with E-state index in [0.717, 1.165) is 31.4 Å². The molecule has 0 N–H and O–H groups in total. The normalized spacial score (nSPS) is 19.7. The number of hydrogen-bond acceptors (Lipinski definition) is 3. The summed E-state index contributed by atoms with van der Waals surface area (Å²) in [6, 6.07) is 16.9. The molecule has 22 heavy (non-hydrogen) atoms. The monoisotopic (exact) mass is 295 g/mol. The number of ether oxygens (including phenoxy) is 2. The Bertz CT molecular complexity index is 656. The molecule has 0 aliphatic carbocycles. The van der Waals surface area contributed by atoms with E-state index in [2.05, 4.69) is 30.3 Å². The Hall–Kier alpha value is -1.89. The van der Waals surface area contributed by atoms with Gasteiger partial charge in [-0.25, -0.2) is 0 Å². The van der Waals surface area contributed by atoms with Gasteiger partial charge >= 0.3 is 0 Å². The predicted molar refractivity (Wildman–Crippen MR) is 86.5 cm³/mol. The lowest BCUT2D eigenvalue weighted by atomic mass is 9.95. The molecule has 0 spiro atoms. The van der Waals surface area contributed by atoms with Crippen LogP contribution in [0.3, 0.4) is 0 Å². The van der Waals surface area contributed by atoms with Crippen molar-refractivity contribution in [2.75, 3.05) is 13.2 Å². The van der Waals surface area contributed by atoms with Crippen molar-refractivity contribution in [3.8, 4) is 6.07 Å². The molecule has 2 unspecified atom stereocenters. The average Bonchev–Trinajstić information content (AvgIpc) is 2.59. The highest BCUT2D eigenvalue weighted by atomic mass is 16.7. The lowest BCUT2D eigenvalue weighted by Crippen LogP contribution is -2.23. The summed E-state index contributed by atoms with van der Waals surface area (Å²) in [4.78, 5) is 0. The maximum absolute atomic E-state index is 9.45. The molecule has 0 bridgehead atoms. The summed E-state index contributed by atoms with van der Waals surface area (Å²) < 4.78 is 11.3. The predicted octanol–water partition coefficient (Wildman–Crippen LogP) is 4.38. The Kier molecular flexibility index (Phi) is 5.05. The second-order valence-electron chi connectivity index (χ2n) is 5.74. The molecule has 1 saturated heterocycles. The Balaban J connectivity index is 1.61. The average molecular weight is 295 g/mol. The molecule has 0 saturated carbocycles. The van der Waals surface area contributed by atoms with Gasteiger partial charge in [0.25, 0.3) is 0 Å². The third-order valence-electron chi connectivity index (χ3n) is 4.18. The first-order valence-corrected chi connectivity index (χ1v) is 7.98. The van der Waals surface area contributed by atoms with E-state index in [-0.39, 0.29) is 12.2 Å². The Morgan fingerprint density at radius 3 is 2.82 bits per heavy atom. The summed E-state index contributed by atoms with van der Waals surface area (Å²) in [5, 5.41) is 11.8. The second-order valence-corrected chi connectivity index (χ2v) is 5.74. The van der Waals surface area contributed by atoms with Gasteiger partial charge in [0.05, 0.1) is 18.6 Å². The van der Waals surface area contributed by atoms with Crippen LogP contribution in [-0.2, 0) is 9.47 Å². The molecule has 1 aliphatic heterocycles. The van der Waals surface area contributed by atoms with Gasteiger partial charge in [-0.15, -0.1) is 0 Å². The van der Waals surface area contributed by atoms with E-state index in [4.69, 9.17) is 9.47 Å². The summed E-state index contributed by atoms with van der Waals surface area (Å²) in [6.07, 6.45) is 3.88. The van der Waals surface area contributed by atoms with Crippen molar-refractivity contribution in [2.24, 2.45) is 0 Å². The van der Waals surface area contributed by atoms with E-state index in [0.29, 0.717) is 13.0 Å². The lowest BCUT2D eigenvalue weighted by Gasteiger charge is -2.23. The van der Waals surface area contributed by atoms with Crippen molar-refractivity contribution in [3.05, 3.63) is 48.0 Å². The molecule has 1 aliphatic rings. The fraction of sp³-hybridized carbons (Fsp3) is 0.421. The third kappa shape index (κ3) is 3.65. The van der Waals surface area contributed by atoms with Gasteiger partial charge in [-0.1, -0.05) is 36.4 Å². The largest absolute Gasteiger partial charge is 0.353 e. The molecule has 0 radical (unpaired) electrons. The van der Waals surface area contributed by atoms with E-state index < -0.39 is 0 Å². The smallest absolute Gasteiger partial charge is 0.157 e. The van der Waals surface area contributed by atoms with Crippen LogP contribution in [-0.4, -0.2) is 19.5 Å². The highest BCUT2D eigenvalue weighted by molar-refractivity contribution is 5.83. The van der Waals surface area contributed by atoms with Crippen molar-refractivity contribution in [2.45, 2.75) is 37.9 Å². The van der Waals surface area contributed by atoms with Crippen LogP contribution in [0.2, 0.25) is 0 Å². The Morgan fingerprint density at radius 2 is 2.05 bits per heavy atom. The molecule has 0 amide bonds. The van der Waals surface area contributed by atoms with Crippen LogP contribution in [0.5, 0.6) is 0 Å². The van der Waals surface area contributed by atoms with Crippen molar-refractivity contribution in [3.63, 3.8) is 0 Å². The molecule has 1 fully saturated rings. The van der Waals surface area contributed by atoms with Crippen LogP contribution < -0.4 is 0 Å². The number of nitriles is 1. The van der Waals surface area contributed by atoms with Crippen molar-refractivity contribution >= 4 is 10.8 Å². The van der Waals surface area contributed by atoms with Gasteiger partial charge in [0.1, 0.15) is 0 Å². The molecule has 3 rings (SSSR count). The molecule has 1 heterocycles. The summed E-state index contributed by atoms with van der Waals surface area (Å²) in [5.41, 5.74) is 1.06. The SMILES string of the molecule is N#CC(CCOC1CCCCO1)c1ccc2ccccc2c1. The lowest BCUT2D eigenvalue weighted by molar-refractivity contribution is -0.162. The van der Waals surface area contributed by atoms with Crippen molar-refractivity contribution in [1.29, 1.82) is 5.26 Å². The fourth-order valence-corrected chi connectivity index (χ4v) is 2.89. The highest BCUT2D eigenvalue weighted by Crippen LogP contribution is 2.24. The van der Waals surface area contributed by atoms with Gasteiger partial charge in [-0.2, -0.15) is 5.26 Å². The zero-order valence-corrected chi connectivity index (χ0v) is 12.7. The first-order valence-electron chi connectivity index (χ1n) is 7.98. The molecule has 114 valence electrons. The zero-order chi connectivity index (χ0) is 15.2. The van der Waals surface area contributed by atoms with Crippen LogP contribution in [0.4, 0.5) is 0 Å². The number of fused-ring (bicyclic) bond motifs is 1. The number of nitrogens with zero attached hydrogens (tertiary/aromatic N) is 1. The van der Waals surface area contributed by atoms with E-state index in [1.54, 1.807) is 0 Å². The Morgan fingerprint density at radius 1 is 1.18 bits per heavy atom. The van der Waals surface area contributed by atoms with Crippen LogP contribution in [0.15, 0.2) is 42.5 Å². The molecule has 0 aromatic heterocycles. The first-order chi connectivity index (χ1) is 10.9. The number of benzene rings is 2. The number of hydrogen-bond donors (Lipinski definition) is 0. The minimum Gasteiger partial charge on any atom is -0.353 e. The molecule has 2 aromatic carbocycles.